The molecule has 0 saturated heterocycles. The highest BCUT2D eigenvalue weighted by atomic mass is 14.9. The van der Waals surface area contributed by atoms with Gasteiger partial charge in [0.05, 0.1) is 0 Å². The van der Waals surface area contributed by atoms with E-state index in [1.54, 1.807) is 0 Å². The highest BCUT2D eigenvalue weighted by Gasteiger charge is 2.09. The van der Waals surface area contributed by atoms with Crippen molar-refractivity contribution < 1.29 is 0 Å². The van der Waals surface area contributed by atoms with Crippen LogP contribution in [0.3, 0.4) is 0 Å². The van der Waals surface area contributed by atoms with Crippen LogP contribution in [0.25, 0.3) is 0 Å². The molecule has 1 nitrogen and oxygen atoms in total. The molecule has 0 spiro atoms. The first kappa shape index (κ1) is 16.8. The Labute approximate surface area is 135 Å². The van der Waals surface area contributed by atoms with Crippen LogP contribution in [0, 0.1) is 0 Å². The molecular formula is C21H29N. The zero-order valence-corrected chi connectivity index (χ0v) is 13.8. The van der Waals surface area contributed by atoms with Crippen LogP contribution in [0.15, 0.2) is 60.7 Å². The van der Waals surface area contributed by atoms with Gasteiger partial charge in [-0.25, -0.2) is 0 Å². The number of hydrogen-bond acceptors (Lipinski definition) is 1. The Hall–Kier alpha value is -1.60. The topological polar surface area (TPSA) is 12.0 Å². The Balaban J connectivity index is 1.72. The first-order valence-corrected chi connectivity index (χ1v) is 8.72. The average Bonchev–Trinajstić information content (AvgIpc) is 2.59. The minimum Gasteiger partial charge on any atom is -0.310 e. The van der Waals surface area contributed by atoms with E-state index in [-0.39, 0.29) is 0 Å². The molecule has 1 heteroatoms. The van der Waals surface area contributed by atoms with E-state index in [0.717, 1.165) is 6.54 Å². The van der Waals surface area contributed by atoms with Gasteiger partial charge in [0, 0.05) is 6.04 Å². The lowest BCUT2D eigenvalue weighted by atomic mass is 10.0. The second-order valence-electron chi connectivity index (χ2n) is 6.00. The van der Waals surface area contributed by atoms with Gasteiger partial charge >= 0.3 is 0 Å². The van der Waals surface area contributed by atoms with Gasteiger partial charge < -0.3 is 5.32 Å². The van der Waals surface area contributed by atoms with Gasteiger partial charge in [-0.15, -0.1) is 0 Å². The molecule has 0 aromatic heterocycles. The third-order valence-corrected chi connectivity index (χ3v) is 4.17. The van der Waals surface area contributed by atoms with Crippen LogP contribution in [0.2, 0.25) is 0 Å². The molecule has 0 aliphatic rings. The monoisotopic (exact) mass is 295 g/mol. The van der Waals surface area contributed by atoms with Crippen molar-refractivity contribution in [3.8, 4) is 0 Å². The Morgan fingerprint density at radius 1 is 0.818 bits per heavy atom. The molecule has 22 heavy (non-hydrogen) atoms. The zero-order valence-electron chi connectivity index (χ0n) is 13.8. The maximum absolute atomic E-state index is 3.76. The molecule has 0 aliphatic heterocycles. The van der Waals surface area contributed by atoms with Crippen LogP contribution in [0.4, 0.5) is 0 Å². The van der Waals surface area contributed by atoms with Gasteiger partial charge in [0.1, 0.15) is 0 Å². The smallest absolute Gasteiger partial charge is 0.0320 e. The summed E-state index contributed by atoms with van der Waals surface area (Å²) >= 11 is 0. The van der Waals surface area contributed by atoms with Crippen LogP contribution in [0.1, 0.15) is 56.2 Å². The van der Waals surface area contributed by atoms with Crippen LogP contribution >= 0.6 is 0 Å². The van der Waals surface area contributed by atoms with Crippen LogP contribution in [-0.2, 0) is 6.42 Å². The van der Waals surface area contributed by atoms with Crippen LogP contribution in [0.5, 0.6) is 0 Å². The molecule has 0 amide bonds. The van der Waals surface area contributed by atoms with Crippen molar-refractivity contribution in [2.45, 2.75) is 51.5 Å². The summed E-state index contributed by atoms with van der Waals surface area (Å²) < 4.78 is 0. The molecule has 2 aromatic rings. The van der Waals surface area contributed by atoms with Gasteiger partial charge in [0.2, 0.25) is 0 Å². The fraction of sp³-hybridized carbons (Fsp3) is 0.429. The van der Waals surface area contributed by atoms with Gasteiger partial charge in [-0.1, -0.05) is 80.4 Å². The van der Waals surface area contributed by atoms with Gasteiger partial charge in [-0.3, -0.25) is 0 Å². The van der Waals surface area contributed by atoms with E-state index in [4.69, 9.17) is 0 Å². The van der Waals surface area contributed by atoms with E-state index < -0.39 is 0 Å². The molecule has 2 rings (SSSR count). The third-order valence-electron chi connectivity index (χ3n) is 4.17. The summed E-state index contributed by atoms with van der Waals surface area (Å²) in [6, 6.07) is 22.2. The number of hydrogen-bond donors (Lipinski definition) is 1. The van der Waals surface area contributed by atoms with E-state index in [1.807, 2.05) is 0 Å². The molecule has 0 saturated carbocycles. The summed E-state index contributed by atoms with van der Waals surface area (Å²) in [5, 5.41) is 3.76. The quantitative estimate of drug-likeness (QED) is 0.568. The van der Waals surface area contributed by atoms with Gasteiger partial charge in [0.25, 0.3) is 0 Å². The fourth-order valence-corrected chi connectivity index (χ4v) is 2.86. The predicted molar refractivity (Wildman–Crippen MR) is 96.1 cm³/mol. The molecule has 1 atom stereocenters. The zero-order chi connectivity index (χ0) is 15.5. The maximum Gasteiger partial charge on any atom is 0.0320 e. The second kappa shape index (κ2) is 10.2. The standard InChI is InChI=1S/C21H29N/c1-2-3-17-21(20-15-8-5-9-16-20)22-18-11-10-14-19-12-6-4-7-13-19/h4-9,12-13,15-16,21-22H,2-3,10-11,14,17-18H2,1H3. The van der Waals surface area contributed by atoms with E-state index in [9.17, 15) is 0 Å². The predicted octanol–water partition coefficient (Wildman–Crippen LogP) is 5.53. The lowest BCUT2D eigenvalue weighted by molar-refractivity contribution is 0.471. The molecule has 0 aliphatic carbocycles. The van der Waals surface area contributed by atoms with Crippen molar-refractivity contribution in [2.24, 2.45) is 0 Å². The molecule has 0 fully saturated rings. The minimum absolute atomic E-state index is 0.512. The number of nitrogens with one attached hydrogen (secondary N) is 1. The van der Waals surface area contributed by atoms with Crippen molar-refractivity contribution in [1.82, 2.24) is 5.32 Å². The average molecular weight is 295 g/mol. The van der Waals surface area contributed by atoms with Crippen molar-refractivity contribution >= 4 is 0 Å². The Bertz CT molecular complexity index is 492. The van der Waals surface area contributed by atoms with E-state index in [2.05, 4.69) is 72.9 Å². The lowest BCUT2D eigenvalue weighted by Crippen LogP contribution is -2.22. The number of aryl methyl sites for hydroxylation is 1. The molecule has 118 valence electrons. The molecular weight excluding hydrogens is 266 g/mol. The number of rotatable bonds is 10. The van der Waals surface area contributed by atoms with Crippen molar-refractivity contribution in [3.63, 3.8) is 0 Å². The SMILES string of the molecule is CCCCC(NCCCCc1ccccc1)c1ccccc1. The summed E-state index contributed by atoms with van der Waals surface area (Å²) in [5.41, 5.74) is 2.88. The van der Waals surface area contributed by atoms with E-state index in [1.165, 1.54) is 49.7 Å². The first-order valence-electron chi connectivity index (χ1n) is 8.72. The molecule has 0 radical (unpaired) electrons. The lowest BCUT2D eigenvalue weighted by Gasteiger charge is -2.19. The molecule has 1 unspecified atom stereocenters. The van der Waals surface area contributed by atoms with Crippen LogP contribution in [-0.4, -0.2) is 6.54 Å². The highest BCUT2D eigenvalue weighted by Crippen LogP contribution is 2.19. The summed E-state index contributed by atoms with van der Waals surface area (Å²) in [4.78, 5) is 0. The molecule has 0 heterocycles. The number of unbranched alkanes of at least 4 members (excludes halogenated alkanes) is 2. The second-order valence-corrected chi connectivity index (χ2v) is 6.00. The van der Waals surface area contributed by atoms with Crippen molar-refractivity contribution in [2.75, 3.05) is 6.54 Å². The molecule has 0 bridgehead atoms. The summed E-state index contributed by atoms with van der Waals surface area (Å²) in [6.45, 7) is 3.37. The minimum atomic E-state index is 0.512. The third kappa shape index (κ3) is 6.03. The number of benzene rings is 2. The van der Waals surface area contributed by atoms with Crippen molar-refractivity contribution in [1.29, 1.82) is 0 Å². The summed E-state index contributed by atoms with van der Waals surface area (Å²) in [5.74, 6) is 0. The molecule has 2 aromatic carbocycles. The van der Waals surface area contributed by atoms with Gasteiger partial charge in [-0.05, 0) is 43.4 Å². The van der Waals surface area contributed by atoms with Gasteiger partial charge in [0.15, 0.2) is 0 Å². The largest absolute Gasteiger partial charge is 0.310 e. The highest BCUT2D eigenvalue weighted by molar-refractivity contribution is 5.18. The van der Waals surface area contributed by atoms with Crippen LogP contribution < -0.4 is 5.32 Å². The molecule has 1 N–H and O–H groups in total. The van der Waals surface area contributed by atoms with E-state index >= 15 is 0 Å². The van der Waals surface area contributed by atoms with Gasteiger partial charge in [-0.2, -0.15) is 0 Å². The summed E-state index contributed by atoms with van der Waals surface area (Å²) in [7, 11) is 0. The van der Waals surface area contributed by atoms with Crippen molar-refractivity contribution in [3.05, 3.63) is 71.8 Å². The normalized spacial score (nSPS) is 12.2. The first-order chi connectivity index (χ1) is 10.9. The Kier molecular flexibility index (Phi) is 7.76. The Morgan fingerprint density at radius 2 is 1.50 bits per heavy atom. The Morgan fingerprint density at radius 3 is 2.18 bits per heavy atom. The maximum atomic E-state index is 3.76. The fourth-order valence-electron chi connectivity index (χ4n) is 2.86. The summed E-state index contributed by atoms with van der Waals surface area (Å²) in [6.07, 6.45) is 7.47. The van der Waals surface area contributed by atoms with E-state index in [0.29, 0.717) is 6.04 Å².